The van der Waals surface area contributed by atoms with Gasteiger partial charge in [-0.05, 0) is 5.92 Å². The van der Waals surface area contributed by atoms with Crippen LogP contribution in [0.4, 0.5) is 4.79 Å². The van der Waals surface area contributed by atoms with Crippen LogP contribution in [0.2, 0.25) is 0 Å². The molecular formula is C8H14O3. The van der Waals surface area contributed by atoms with Crippen molar-refractivity contribution in [2.75, 3.05) is 13.7 Å². The van der Waals surface area contributed by atoms with Gasteiger partial charge in [-0.15, -0.1) is 0 Å². The Morgan fingerprint density at radius 2 is 2.18 bits per heavy atom. The van der Waals surface area contributed by atoms with Gasteiger partial charge in [0.25, 0.3) is 0 Å². The molecule has 0 aromatic carbocycles. The Bertz CT molecular complexity index is 138. The SMILES string of the molecule is COC(=O)OC/C=C/C(C)C. The van der Waals surface area contributed by atoms with Gasteiger partial charge in [-0.3, -0.25) is 0 Å². The average Bonchev–Trinajstić information content (AvgIpc) is 1.97. The smallest absolute Gasteiger partial charge is 0.438 e. The number of carbonyl (C=O) groups excluding carboxylic acids is 1. The highest BCUT2D eigenvalue weighted by molar-refractivity contribution is 5.59. The summed E-state index contributed by atoms with van der Waals surface area (Å²) >= 11 is 0. The molecule has 0 saturated carbocycles. The Labute approximate surface area is 67.0 Å². The fraction of sp³-hybridized carbons (Fsp3) is 0.625. The topological polar surface area (TPSA) is 35.5 Å². The summed E-state index contributed by atoms with van der Waals surface area (Å²) in [6.45, 7) is 4.38. The van der Waals surface area contributed by atoms with E-state index in [4.69, 9.17) is 0 Å². The van der Waals surface area contributed by atoms with Crippen LogP contribution in [0.25, 0.3) is 0 Å². The predicted octanol–water partition coefficient (Wildman–Crippen LogP) is 1.98. The molecular weight excluding hydrogens is 144 g/mol. The highest BCUT2D eigenvalue weighted by atomic mass is 16.7. The molecule has 0 atom stereocenters. The van der Waals surface area contributed by atoms with E-state index >= 15 is 0 Å². The lowest BCUT2D eigenvalue weighted by Gasteiger charge is -1.98. The summed E-state index contributed by atoms with van der Waals surface area (Å²) in [4.78, 5) is 10.4. The zero-order valence-electron chi connectivity index (χ0n) is 7.16. The minimum Gasteiger partial charge on any atom is -0.438 e. The number of methoxy groups -OCH3 is 1. The van der Waals surface area contributed by atoms with Gasteiger partial charge in [0.15, 0.2) is 0 Å². The third-order valence-corrected chi connectivity index (χ3v) is 0.985. The van der Waals surface area contributed by atoms with Gasteiger partial charge in [-0.25, -0.2) is 4.79 Å². The average molecular weight is 158 g/mol. The molecule has 0 spiro atoms. The van der Waals surface area contributed by atoms with Gasteiger partial charge in [0.1, 0.15) is 6.61 Å². The Hall–Kier alpha value is -0.990. The van der Waals surface area contributed by atoms with E-state index in [0.29, 0.717) is 5.92 Å². The first-order chi connectivity index (χ1) is 5.16. The van der Waals surface area contributed by atoms with Crippen molar-refractivity contribution in [1.29, 1.82) is 0 Å². The summed E-state index contributed by atoms with van der Waals surface area (Å²) in [6.07, 6.45) is 3.11. The lowest BCUT2D eigenvalue weighted by atomic mass is 10.2. The molecule has 0 aliphatic carbocycles. The van der Waals surface area contributed by atoms with Crippen LogP contribution in [0, 0.1) is 5.92 Å². The zero-order valence-corrected chi connectivity index (χ0v) is 7.16. The van der Waals surface area contributed by atoms with Gasteiger partial charge in [0.05, 0.1) is 7.11 Å². The van der Waals surface area contributed by atoms with Crippen LogP contribution in [-0.4, -0.2) is 19.9 Å². The quantitative estimate of drug-likeness (QED) is 0.465. The Morgan fingerprint density at radius 3 is 2.64 bits per heavy atom. The van der Waals surface area contributed by atoms with E-state index in [-0.39, 0.29) is 6.61 Å². The van der Waals surface area contributed by atoms with Crippen molar-refractivity contribution >= 4 is 6.16 Å². The van der Waals surface area contributed by atoms with Crippen molar-refractivity contribution in [3.05, 3.63) is 12.2 Å². The monoisotopic (exact) mass is 158 g/mol. The molecule has 0 amide bonds. The summed E-state index contributed by atoms with van der Waals surface area (Å²) in [5.74, 6) is 0.483. The van der Waals surface area contributed by atoms with Crippen LogP contribution in [0.15, 0.2) is 12.2 Å². The summed E-state index contributed by atoms with van der Waals surface area (Å²) in [6, 6.07) is 0. The van der Waals surface area contributed by atoms with Crippen molar-refractivity contribution in [3.63, 3.8) is 0 Å². The normalized spacial score (nSPS) is 10.5. The molecule has 0 radical (unpaired) electrons. The van der Waals surface area contributed by atoms with Gasteiger partial charge >= 0.3 is 6.16 Å². The molecule has 0 bridgehead atoms. The Balaban J connectivity index is 3.34. The van der Waals surface area contributed by atoms with E-state index in [1.165, 1.54) is 7.11 Å². The molecule has 0 heterocycles. The summed E-state index contributed by atoms with van der Waals surface area (Å²) in [5, 5.41) is 0. The van der Waals surface area contributed by atoms with Crippen LogP contribution in [0.3, 0.4) is 0 Å². The lowest BCUT2D eigenvalue weighted by molar-refractivity contribution is 0.0817. The van der Waals surface area contributed by atoms with Crippen molar-refractivity contribution in [1.82, 2.24) is 0 Å². The highest BCUT2D eigenvalue weighted by Crippen LogP contribution is 1.93. The van der Waals surface area contributed by atoms with Crippen LogP contribution in [0.5, 0.6) is 0 Å². The van der Waals surface area contributed by atoms with Crippen molar-refractivity contribution in [2.45, 2.75) is 13.8 Å². The third kappa shape index (κ3) is 6.90. The van der Waals surface area contributed by atoms with Gasteiger partial charge in [0.2, 0.25) is 0 Å². The first kappa shape index (κ1) is 10.0. The standard InChI is InChI=1S/C8H14O3/c1-7(2)5-4-6-11-8(9)10-3/h4-5,7H,6H2,1-3H3/b5-4+. The van der Waals surface area contributed by atoms with E-state index in [9.17, 15) is 4.79 Å². The number of carbonyl (C=O) groups is 1. The van der Waals surface area contributed by atoms with Crippen LogP contribution in [0.1, 0.15) is 13.8 Å². The number of allylic oxidation sites excluding steroid dienone is 1. The van der Waals surface area contributed by atoms with Crippen LogP contribution in [-0.2, 0) is 9.47 Å². The van der Waals surface area contributed by atoms with Crippen molar-refractivity contribution in [3.8, 4) is 0 Å². The molecule has 0 rings (SSSR count). The minimum atomic E-state index is -0.640. The molecule has 0 saturated heterocycles. The Kier molecular flexibility index (Phi) is 5.25. The van der Waals surface area contributed by atoms with Gasteiger partial charge < -0.3 is 9.47 Å². The second-order valence-electron chi connectivity index (χ2n) is 2.44. The Morgan fingerprint density at radius 1 is 1.55 bits per heavy atom. The molecule has 3 nitrogen and oxygen atoms in total. The third-order valence-electron chi connectivity index (χ3n) is 0.985. The molecule has 0 aromatic heterocycles. The molecule has 0 N–H and O–H groups in total. The fourth-order valence-electron chi connectivity index (χ4n) is 0.503. The molecule has 0 aliphatic rings. The minimum absolute atomic E-state index is 0.283. The predicted molar refractivity (Wildman–Crippen MR) is 42.3 cm³/mol. The van der Waals surface area contributed by atoms with E-state index in [0.717, 1.165) is 0 Å². The number of hydrogen-bond donors (Lipinski definition) is 0. The number of rotatable bonds is 3. The van der Waals surface area contributed by atoms with E-state index in [1.54, 1.807) is 6.08 Å². The molecule has 3 heteroatoms. The number of hydrogen-bond acceptors (Lipinski definition) is 3. The van der Waals surface area contributed by atoms with Gasteiger partial charge in [0, 0.05) is 0 Å². The molecule has 0 fully saturated rings. The summed E-state index contributed by atoms with van der Waals surface area (Å²) in [5.41, 5.74) is 0. The van der Waals surface area contributed by atoms with E-state index < -0.39 is 6.16 Å². The zero-order chi connectivity index (χ0) is 8.69. The largest absolute Gasteiger partial charge is 0.508 e. The van der Waals surface area contributed by atoms with E-state index in [2.05, 4.69) is 23.3 Å². The first-order valence-corrected chi connectivity index (χ1v) is 3.54. The second kappa shape index (κ2) is 5.77. The molecule has 0 unspecified atom stereocenters. The van der Waals surface area contributed by atoms with Crippen molar-refractivity contribution in [2.24, 2.45) is 5.92 Å². The van der Waals surface area contributed by atoms with E-state index in [1.807, 2.05) is 6.08 Å². The highest BCUT2D eigenvalue weighted by Gasteiger charge is 1.95. The molecule has 64 valence electrons. The maximum atomic E-state index is 10.4. The summed E-state index contributed by atoms with van der Waals surface area (Å²) < 4.78 is 8.86. The molecule has 0 aliphatic heterocycles. The van der Waals surface area contributed by atoms with Gasteiger partial charge in [-0.2, -0.15) is 0 Å². The second-order valence-corrected chi connectivity index (χ2v) is 2.44. The number of ether oxygens (including phenoxy) is 2. The van der Waals surface area contributed by atoms with Crippen molar-refractivity contribution < 1.29 is 14.3 Å². The maximum Gasteiger partial charge on any atom is 0.508 e. The summed E-state index contributed by atoms with van der Waals surface area (Å²) in [7, 11) is 1.29. The molecule has 0 aromatic rings. The van der Waals surface area contributed by atoms with Gasteiger partial charge in [-0.1, -0.05) is 26.0 Å². The first-order valence-electron chi connectivity index (χ1n) is 3.54. The maximum absolute atomic E-state index is 10.4. The van der Waals surface area contributed by atoms with Crippen LogP contribution < -0.4 is 0 Å². The fourth-order valence-corrected chi connectivity index (χ4v) is 0.503. The molecule has 11 heavy (non-hydrogen) atoms. The lowest BCUT2D eigenvalue weighted by Crippen LogP contribution is -2.03. The van der Waals surface area contributed by atoms with Crippen LogP contribution >= 0.6 is 0 Å².